The van der Waals surface area contributed by atoms with Crippen LogP contribution in [-0.2, 0) is 0 Å². The number of nitrogen functional groups attached to an aromatic ring is 1. The molecule has 0 saturated carbocycles. The van der Waals surface area contributed by atoms with Crippen LogP contribution in [0.25, 0.3) is 11.3 Å². The minimum atomic E-state index is 0.450. The fraction of sp³-hybridized carbons (Fsp3) is 0. The Morgan fingerprint density at radius 2 is 2.30 bits per heavy atom. The van der Waals surface area contributed by atoms with Crippen LogP contribution in [0.4, 0.5) is 5.82 Å². The van der Waals surface area contributed by atoms with Crippen LogP contribution in [0.2, 0.25) is 0 Å². The summed E-state index contributed by atoms with van der Waals surface area (Å²) in [5.74, 6) is 0.450. The van der Waals surface area contributed by atoms with Gasteiger partial charge in [-0.15, -0.1) is 10.2 Å². The van der Waals surface area contributed by atoms with Crippen LogP contribution in [0.1, 0.15) is 0 Å². The van der Waals surface area contributed by atoms with Crippen LogP contribution in [0.15, 0.2) is 23.0 Å². The normalized spacial score (nSPS) is 10.4. The van der Waals surface area contributed by atoms with Crippen LogP contribution >= 0.6 is 0 Å². The number of fused-ring (bicyclic) bond motifs is 1. The molecule has 2 aliphatic rings. The van der Waals surface area contributed by atoms with Crippen molar-refractivity contribution in [3.05, 3.63) is 18.6 Å². The molecule has 0 aromatic carbocycles. The molecule has 2 N–H and O–H groups in total. The Morgan fingerprint density at radius 1 is 1.40 bits per heavy atom. The van der Waals surface area contributed by atoms with Crippen LogP contribution in [-0.4, -0.2) is 10.2 Å². The summed E-state index contributed by atoms with van der Waals surface area (Å²) in [7, 11) is 0. The zero-order chi connectivity index (χ0) is 6.97. The van der Waals surface area contributed by atoms with Crippen LogP contribution in [0.3, 0.4) is 0 Å². The molecule has 4 nitrogen and oxygen atoms in total. The molecule has 4 heteroatoms. The molecule has 0 bridgehead atoms. The zero-order valence-corrected chi connectivity index (χ0v) is 5.11. The molecule has 2 rings (SSSR count). The molecule has 50 valence electrons. The van der Waals surface area contributed by atoms with Gasteiger partial charge in [0.1, 0.15) is 12.0 Å². The molecule has 0 aliphatic carbocycles. The summed E-state index contributed by atoms with van der Waals surface area (Å²) < 4.78 is 4.85. The van der Waals surface area contributed by atoms with Crippen molar-refractivity contribution in [3.63, 3.8) is 0 Å². The predicted octanol–water partition coefficient (Wildman–Crippen LogP) is 0.757. The van der Waals surface area contributed by atoms with Gasteiger partial charge in [-0.3, -0.25) is 0 Å². The van der Waals surface area contributed by atoms with Gasteiger partial charge >= 0.3 is 0 Å². The van der Waals surface area contributed by atoms with Crippen molar-refractivity contribution in [2.24, 2.45) is 0 Å². The van der Waals surface area contributed by atoms with Crippen LogP contribution in [0, 0.1) is 0 Å². The van der Waals surface area contributed by atoms with E-state index < -0.39 is 0 Å². The SMILES string of the molecule is Nc1nnc2coccc1-2. The monoisotopic (exact) mass is 135 g/mol. The van der Waals surface area contributed by atoms with Crippen LogP contribution in [0.5, 0.6) is 0 Å². The van der Waals surface area contributed by atoms with E-state index in [9.17, 15) is 0 Å². The Labute approximate surface area is 57.0 Å². The third-order valence-electron chi connectivity index (χ3n) is 1.31. The lowest BCUT2D eigenvalue weighted by molar-refractivity contribution is 0.550. The van der Waals surface area contributed by atoms with Gasteiger partial charge in [-0.2, -0.15) is 0 Å². The minimum absolute atomic E-state index is 0.450. The molecule has 2 heterocycles. The van der Waals surface area contributed by atoms with E-state index in [1.165, 1.54) is 6.26 Å². The molecule has 0 aromatic heterocycles. The lowest BCUT2D eigenvalue weighted by Crippen LogP contribution is -1.84. The lowest BCUT2D eigenvalue weighted by atomic mass is 10.2. The first kappa shape index (κ1) is 5.22. The van der Waals surface area contributed by atoms with Gasteiger partial charge in [-0.25, -0.2) is 0 Å². The molecule has 2 aliphatic heterocycles. The van der Waals surface area contributed by atoms with Gasteiger partial charge in [-0.05, 0) is 6.07 Å². The highest BCUT2D eigenvalue weighted by atomic mass is 16.3. The molecule has 0 unspecified atom stereocenters. The van der Waals surface area contributed by atoms with E-state index in [0.717, 1.165) is 5.56 Å². The highest BCUT2D eigenvalue weighted by molar-refractivity contribution is 5.70. The Bertz CT molecular complexity index is 317. The van der Waals surface area contributed by atoms with E-state index in [2.05, 4.69) is 10.2 Å². The number of rotatable bonds is 0. The molecule has 0 amide bonds. The second-order valence-corrected chi connectivity index (χ2v) is 1.94. The van der Waals surface area contributed by atoms with Crippen molar-refractivity contribution in [1.82, 2.24) is 10.2 Å². The van der Waals surface area contributed by atoms with Crippen molar-refractivity contribution >= 4 is 5.82 Å². The van der Waals surface area contributed by atoms with Crippen molar-refractivity contribution in [2.45, 2.75) is 0 Å². The van der Waals surface area contributed by atoms with Crippen molar-refractivity contribution in [1.29, 1.82) is 0 Å². The number of anilines is 1. The van der Waals surface area contributed by atoms with E-state index >= 15 is 0 Å². The first-order valence-electron chi connectivity index (χ1n) is 2.82. The van der Waals surface area contributed by atoms with Crippen LogP contribution < -0.4 is 5.73 Å². The maximum Gasteiger partial charge on any atom is 0.155 e. The summed E-state index contributed by atoms with van der Waals surface area (Å²) in [5.41, 5.74) is 6.99. The summed E-state index contributed by atoms with van der Waals surface area (Å²) in [5, 5.41) is 7.41. The molecule has 0 atom stereocenters. The third kappa shape index (κ3) is 0.556. The first-order valence-corrected chi connectivity index (χ1v) is 2.82. The predicted molar refractivity (Wildman–Crippen MR) is 35.3 cm³/mol. The molecule has 0 aromatic rings. The Morgan fingerprint density at radius 3 is 3.10 bits per heavy atom. The average molecular weight is 135 g/mol. The lowest BCUT2D eigenvalue weighted by Gasteiger charge is -1.91. The minimum Gasteiger partial charge on any atom is -0.470 e. The second kappa shape index (κ2) is 1.70. The second-order valence-electron chi connectivity index (χ2n) is 1.94. The van der Waals surface area contributed by atoms with Crippen molar-refractivity contribution < 1.29 is 4.42 Å². The highest BCUT2D eigenvalue weighted by Crippen LogP contribution is 2.23. The number of nitrogens with zero attached hydrogens (tertiary/aromatic N) is 2. The molecule has 0 saturated heterocycles. The summed E-state index contributed by atoms with van der Waals surface area (Å²) in [4.78, 5) is 0. The fourth-order valence-electron chi connectivity index (χ4n) is 0.816. The fourth-order valence-corrected chi connectivity index (χ4v) is 0.816. The quantitative estimate of drug-likeness (QED) is 0.579. The third-order valence-corrected chi connectivity index (χ3v) is 1.31. The van der Waals surface area contributed by atoms with E-state index in [1.54, 1.807) is 12.3 Å². The molecule has 10 heavy (non-hydrogen) atoms. The zero-order valence-electron chi connectivity index (χ0n) is 5.11. The number of hydrogen-bond acceptors (Lipinski definition) is 4. The van der Waals surface area contributed by atoms with E-state index in [0.29, 0.717) is 11.5 Å². The molecular formula is C6H5N3O. The van der Waals surface area contributed by atoms with Gasteiger partial charge in [0.15, 0.2) is 5.82 Å². The Balaban J connectivity index is 2.78. The summed E-state index contributed by atoms with van der Waals surface area (Å²) in [6.07, 6.45) is 3.06. The summed E-state index contributed by atoms with van der Waals surface area (Å²) >= 11 is 0. The van der Waals surface area contributed by atoms with E-state index in [-0.39, 0.29) is 0 Å². The van der Waals surface area contributed by atoms with E-state index in [1.807, 2.05) is 0 Å². The first-order chi connectivity index (χ1) is 4.88. The van der Waals surface area contributed by atoms with Gasteiger partial charge < -0.3 is 10.2 Å². The molecule has 0 spiro atoms. The standard InChI is InChI=1S/C6H5N3O/c7-6-4-1-2-10-3-5(4)8-9-6/h1-3H,7H2. The molecular weight excluding hydrogens is 130 g/mol. The maximum atomic E-state index is 5.46. The van der Waals surface area contributed by atoms with Gasteiger partial charge in [0.05, 0.1) is 11.8 Å². The smallest absolute Gasteiger partial charge is 0.155 e. The summed E-state index contributed by atoms with van der Waals surface area (Å²) in [6, 6.07) is 1.74. The maximum absolute atomic E-state index is 5.46. The van der Waals surface area contributed by atoms with Gasteiger partial charge in [0.25, 0.3) is 0 Å². The van der Waals surface area contributed by atoms with Gasteiger partial charge in [0.2, 0.25) is 0 Å². The topological polar surface area (TPSA) is 64.9 Å². The Kier molecular flexibility index (Phi) is 0.887. The summed E-state index contributed by atoms with van der Waals surface area (Å²) in [6.45, 7) is 0. The highest BCUT2D eigenvalue weighted by Gasteiger charge is 2.08. The van der Waals surface area contributed by atoms with Crippen molar-refractivity contribution in [3.8, 4) is 11.3 Å². The average Bonchev–Trinajstić information content (AvgIpc) is 2.34. The number of aromatic nitrogens is 2. The molecule has 0 fully saturated rings. The number of nitrogens with two attached hydrogens (primary N) is 1. The number of hydrogen-bond donors (Lipinski definition) is 1. The Hall–Kier alpha value is -1.58. The molecule has 0 radical (unpaired) electrons. The van der Waals surface area contributed by atoms with E-state index in [4.69, 9.17) is 10.2 Å². The van der Waals surface area contributed by atoms with Gasteiger partial charge in [-0.1, -0.05) is 0 Å². The van der Waals surface area contributed by atoms with Crippen molar-refractivity contribution in [2.75, 3.05) is 5.73 Å². The largest absolute Gasteiger partial charge is 0.470 e. The van der Waals surface area contributed by atoms with Gasteiger partial charge in [0, 0.05) is 0 Å².